The Balaban J connectivity index is 1.77. The summed E-state index contributed by atoms with van der Waals surface area (Å²) >= 11 is 0. The second kappa shape index (κ2) is 11.0. The first-order valence-electron chi connectivity index (χ1n) is 11.9. The van der Waals surface area contributed by atoms with Crippen LogP contribution in [0.5, 0.6) is 0 Å². The second-order valence-corrected chi connectivity index (χ2v) is 8.69. The van der Waals surface area contributed by atoms with Crippen molar-refractivity contribution in [3.05, 3.63) is 112 Å². The molecule has 1 aromatic heterocycles. The van der Waals surface area contributed by atoms with Gasteiger partial charge in [0.2, 0.25) is 23.1 Å². The molecule has 1 atom stereocenters. The van der Waals surface area contributed by atoms with E-state index >= 15 is 0 Å². The van der Waals surface area contributed by atoms with E-state index in [1.165, 1.54) is 14.2 Å². The minimum absolute atomic E-state index is 0.107. The van der Waals surface area contributed by atoms with Crippen molar-refractivity contribution >= 4 is 17.5 Å². The lowest BCUT2D eigenvalue weighted by Gasteiger charge is -2.22. The van der Waals surface area contributed by atoms with E-state index in [1.54, 1.807) is 37.5 Å². The summed E-state index contributed by atoms with van der Waals surface area (Å²) in [6.45, 7) is 3.52. The van der Waals surface area contributed by atoms with Gasteiger partial charge in [-0.15, -0.1) is 0 Å². The summed E-state index contributed by atoms with van der Waals surface area (Å²) in [5.41, 5.74) is 4.09. The van der Waals surface area contributed by atoms with Crippen LogP contribution in [0.2, 0.25) is 0 Å². The summed E-state index contributed by atoms with van der Waals surface area (Å²) in [7, 11) is 2.66. The van der Waals surface area contributed by atoms with Crippen molar-refractivity contribution in [2.75, 3.05) is 14.2 Å². The minimum Gasteiger partial charge on any atom is -0.489 e. The van der Waals surface area contributed by atoms with E-state index < -0.39 is 11.6 Å². The molecule has 188 valence electrons. The number of methoxy groups -OCH3 is 2. The average Bonchev–Trinajstić information content (AvgIpc) is 2.93. The molecule has 3 aromatic rings. The molecule has 0 spiro atoms. The van der Waals surface area contributed by atoms with E-state index in [0.29, 0.717) is 22.3 Å². The highest BCUT2D eigenvalue weighted by molar-refractivity contribution is 6.23. The molecule has 37 heavy (non-hydrogen) atoms. The third kappa shape index (κ3) is 5.07. The first kappa shape index (κ1) is 25.6. The molecule has 2 aromatic carbocycles. The van der Waals surface area contributed by atoms with Gasteiger partial charge in [-0.05, 0) is 42.7 Å². The monoisotopic (exact) mass is 496 g/mol. The Morgan fingerprint density at radius 2 is 1.62 bits per heavy atom. The summed E-state index contributed by atoms with van der Waals surface area (Å²) < 4.78 is 10.4. The summed E-state index contributed by atoms with van der Waals surface area (Å²) in [5, 5.41) is 3.07. The molecule has 1 N–H and O–H groups in total. The fourth-order valence-electron chi connectivity index (χ4n) is 4.48. The smallest absolute Gasteiger partial charge is 0.252 e. The molecule has 7 nitrogen and oxygen atoms in total. The Hall–Kier alpha value is -4.52. The number of amides is 1. The molecule has 1 heterocycles. The Labute approximate surface area is 215 Å². The maximum atomic E-state index is 13.5. The lowest BCUT2D eigenvalue weighted by atomic mass is 9.85. The van der Waals surface area contributed by atoms with Crippen molar-refractivity contribution in [1.82, 2.24) is 10.3 Å². The molecule has 0 radical (unpaired) electrons. The zero-order valence-corrected chi connectivity index (χ0v) is 21.2. The van der Waals surface area contributed by atoms with Crippen molar-refractivity contribution in [2.24, 2.45) is 0 Å². The number of Topliss-reactive ketones (excluding diaryl/α,β-unsaturated/α-hetero) is 2. The number of benzene rings is 2. The van der Waals surface area contributed by atoms with Gasteiger partial charge in [0.15, 0.2) is 0 Å². The highest BCUT2D eigenvalue weighted by Gasteiger charge is 2.35. The fraction of sp³-hybridized carbons (Fsp3) is 0.200. The van der Waals surface area contributed by atoms with Gasteiger partial charge < -0.3 is 14.8 Å². The topological polar surface area (TPSA) is 94.6 Å². The highest BCUT2D eigenvalue weighted by Crippen LogP contribution is 2.33. The number of hydrogen-bond acceptors (Lipinski definition) is 6. The van der Waals surface area contributed by atoms with Crippen molar-refractivity contribution in [2.45, 2.75) is 26.3 Å². The third-order valence-electron chi connectivity index (χ3n) is 6.45. The average molecular weight is 497 g/mol. The highest BCUT2D eigenvalue weighted by atomic mass is 16.5. The summed E-state index contributed by atoms with van der Waals surface area (Å²) in [6, 6.07) is 18.5. The Morgan fingerprint density at radius 3 is 2.27 bits per heavy atom. The number of carbonyl (C=O) groups is 3. The van der Waals surface area contributed by atoms with Gasteiger partial charge in [-0.1, -0.05) is 48.5 Å². The lowest BCUT2D eigenvalue weighted by molar-refractivity contribution is -0.121. The number of rotatable bonds is 8. The van der Waals surface area contributed by atoms with Gasteiger partial charge >= 0.3 is 0 Å². The Bertz CT molecular complexity index is 1410. The molecular weight excluding hydrogens is 468 g/mol. The van der Waals surface area contributed by atoms with Gasteiger partial charge in [-0.3, -0.25) is 19.4 Å². The number of aromatic nitrogens is 1. The molecular formula is C30H28N2O5. The van der Waals surface area contributed by atoms with Crippen LogP contribution in [0.1, 0.15) is 41.4 Å². The van der Waals surface area contributed by atoms with Crippen LogP contribution in [0.15, 0.2) is 95.7 Å². The van der Waals surface area contributed by atoms with Crippen LogP contribution in [-0.2, 0) is 25.5 Å². The molecule has 7 heteroatoms. The van der Waals surface area contributed by atoms with Gasteiger partial charge in [0.25, 0.3) is 5.91 Å². The van der Waals surface area contributed by atoms with Crippen LogP contribution in [0.25, 0.3) is 11.1 Å². The SMILES string of the molecule is COC1=C(OC)C(=O)C(Cc2cccc(C(=O)NC(C)c3ccccc3)c2-c2cccnc2)=C(C)C1=O. The van der Waals surface area contributed by atoms with Crippen LogP contribution >= 0.6 is 0 Å². The quantitative estimate of drug-likeness (QED) is 0.452. The summed E-state index contributed by atoms with van der Waals surface area (Å²) in [6.07, 6.45) is 3.45. The third-order valence-corrected chi connectivity index (χ3v) is 6.45. The van der Waals surface area contributed by atoms with Crippen molar-refractivity contribution in [3.63, 3.8) is 0 Å². The largest absolute Gasteiger partial charge is 0.489 e. The van der Waals surface area contributed by atoms with Crippen LogP contribution in [0.4, 0.5) is 0 Å². The molecule has 0 saturated heterocycles. The molecule has 0 fully saturated rings. The van der Waals surface area contributed by atoms with Crippen molar-refractivity contribution in [1.29, 1.82) is 0 Å². The van der Waals surface area contributed by atoms with Gasteiger partial charge in [0, 0.05) is 41.1 Å². The predicted octanol–water partition coefficient (Wildman–Crippen LogP) is 4.75. The van der Waals surface area contributed by atoms with Crippen molar-refractivity contribution < 1.29 is 23.9 Å². The first-order valence-corrected chi connectivity index (χ1v) is 11.9. The molecule has 1 aliphatic rings. The van der Waals surface area contributed by atoms with Gasteiger partial charge in [0.05, 0.1) is 20.3 Å². The van der Waals surface area contributed by atoms with Gasteiger partial charge in [0.1, 0.15) is 0 Å². The molecule has 1 amide bonds. The zero-order chi connectivity index (χ0) is 26.5. The maximum Gasteiger partial charge on any atom is 0.252 e. The molecule has 1 unspecified atom stereocenters. The molecule has 1 aliphatic carbocycles. The van der Waals surface area contributed by atoms with E-state index in [-0.39, 0.29) is 35.5 Å². The van der Waals surface area contributed by atoms with E-state index in [2.05, 4.69) is 10.3 Å². The number of ether oxygens (including phenoxy) is 2. The van der Waals surface area contributed by atoms with E-state index in [9.17, 15) is 14.4 Å². The predicted molar refractivity (Wildman–Crippen MR) is 139 cm³/mol. The number of nitrogens with zero attached hydrogens (tertiary/aromatic N) is 1. The van der Waals surface area contributed by atoms with Crippen LogP contribution in [0, 0.1) is 0 Å². The normalized spacial score (nSPS) is 14.5. The Morgan fingerprint density at radius 1 is 0.919 bits per heavy atom. The van der Waals surface area contributed by atoms with E-state index in [0.717, 1.165) is 11.1 Å². The van der Waals surface area contributed by atoms with Crippen LogP contribution in [-0.4, -0.2) is 36.7 Å². The number of hydrogen-bond donors (Lipinski definition) is 1. The van der Waals surface area contributed by atoms with Crippen LogP contribution in [0.3, 0.4) is 0 Å². The van der Waals surface area contributed by atoms with E-state index in [1.807, 2.05) is 49.4 Å². The molecule has 0 bridgehead atoms. The molecule has 0 saturated carbocycles. The first-order chi connectivity index (χ1) is 17.9. The standard InChI is InChI=1S/C30H28N2O5/c1-18-24(27(34)29(37-4)28(36-3)26(18)33)16-21-12-8-14-23(25(21)22-13-9-15-31-17-22)30(35)32-19(2)20-10-6-5-7-11-20/h5-15,17,19H,16H2,1-4H3,(H,32,35). The number of ketones is 2. The Kier molecular flexibility index (Phi) is 7.63. The molecule has 0 aliphatic heterocycles. The second-order valence-electron chi connectivity index (χ2n) is 8.69. The van der Waals surface area contributed by atoms with Gasteiger partial charge in [-0.25, -0.2) is 0 Å². The number of pyridine rings is 1. The van der Waals surface area contributed by atoms with Crippen LogP contribution < -0.4 is 5.32 Å². The summed E-state index contributed by atoms with van der Waals surface area (Å²) in [4.78, 5) is 44.0. The van der Waals surface area contributed by atoms with Gasteiger partial charge in [-0.2, -0.15) is 0 Å². The lowest BCUT2D eigenvalue weighted by Crippen LogP contribution is -2.28. The minimum atomic E-state index is -0.416. The maximum absolute atomic E-state index is 13.5. The molecule has 4 rings (SSSR count). The van der Waals surface area contributed by atoms with E-state index in [4.69, 9.17) is 9.47 Å². The van der Waals surface area contributed by atoms with Crippen molar-refractivity contribution in [3.8, 4) is 11.1 Å². The fourth-order valence-corrected chi connectivity index (χ4v) is 4.48. The number of nitrogens with one attached hydrogen (secondary N) is 1. The number of allylic oxidation sites excluding steroid dienone is 2. The number of carbonyl (C=O) groups excluding carboxylic acids is 3. The summed E-state index contributed by atoms with van der Waals surface area (Å²) in [5.74, 6) is -1.30. The zero-order valence-electron chi connectivity index (χ0n) is 21.2.